The van der Waals surface area contributed by atoms with E-state index in [2.05, 4.69) is 4.98 Å². The highest BCUT2D eigenvalue weighted by Crippen LogP contribution is 2.25. The van der Waals surface area contributed by atoms with Gasteiger partial charge in [0.05, 0.1) is 17.5 Å². The van der Waals surface area contributed by atoms with Gasteiger partial charge in [0.2, 0.25) is 0 Å². The van der Waals surface area contributed by atoms with Crippen LogP contribution in [0.1, 0.15) is 31.5 Å². The van der Waals surface area contributed by atoms with Crippen molar-refractivity contribution in [3.05, 3.63) is 30.1 Å². The molecule has 1 fully saturated rings. The minimum atomic E-state index is 0.176. The summed E-state index contributed by atoms with van der Waals surface area (Å²) in [6.45, 7) is 0. The lowest BCUT2D eigenvalue weighted by molar-refractivity contribution is -0.123. The highest BCUT2D eigenvalue weighted by Gasteiger charge is 2.25. The van der Waals surface area contributed by atoms with Gasteiger partial charge in [0.15, 0.2) is 0 Å². The Balaban J connectivity index is 1.76. The maximum absolute atomic E-state index is 12.4. The summed E-state index contributed by atoms with van der Waals surface area (Å²) in [6, 6.07) is 8.29. The van der Waals surface area contributed by atoms with Crippen molar-refractivity contribution in [2.75, 3.05) is 0 Å². The second-order valence-corrected chi connectivity index (χ2v) is 5.83. The minimum absolute atomic E-state index is 0.176. The van der Waals surface area contributed by atoms with Crippen LogP contribution in [0.2, 0.25) is 0 Å². The van der Waals surface area contributed by atoms with Crippen LogP contribution in [0.5, 0.6) is 0 Å². The van der Waals surface area contributed by atoms with Crippen LogP contribution >= 0.6 is 0 Å². The van der Waals surface area contributed by atoms with Gasteiger partial charge in [-0.2, -0.15) is 0 Å². The third kappa shape index (κ3) is 2.48. The van der Waals surface area contributed by atoms with Crippen molar-refractivity contribution in [1.29, 1.82) is 0 Å². The van der Waals surface area contributed by atoms with Crippen LogP contribution in [-0.2, 0) is 18.3 Å². The largest absolute Gasteiger partial charge is 0.331 e. The summed E-state index contributed by atoms with van der Waals surface area (Å²) in [5.41, 5.74) is 7.94. The number of Topliss-reactive ketones (excluding diaryl/α,β-unsaturated/α-hetero) is 1. The maximum Gasteiger partial charge on any atom is 0.143 e. The maximum atomic E-state index is 12.4. The predicted molar refractivity (Wildman–Crippen MR) is 79.4 cm³/mol. The van der Waals surface area contributed by atoms with Crippen LogP contribution in [-0.4, -0.2) is 21.4 Å². The van der Waals surface area contributed by atoms with Gasteiger partial charge in [-0.3, -0.25) is 4.79 Å². The van der Waals surface area contributed by atoms with E-state index in [0.29, 0.717) is 12.2 Å². The molecule has 0 saturated heterocycles. The summed E-state index contributed by atoms with van der Waals surface area (Å²) in [5, 5.41) is 0. The van der Waals surface area contributed by atoms with E-state index in [9.17, 15) is 4.79 Å². The van der Waals surface area contributed by atoms with Gasteiger partial charge in [0, 0.05) is 19.0 Å². The van der Waals surface area contributed by atoms with Crippen LogP contribution < -0.4 is 5.73 Å². The second kappa shape index (κ2) is 5.37. The number of nitrogens with two attached hydrogens (primary N) is 1. The standard InChI is InChI=1S/C16H21N3O/c1-19-14-5-3-2-4-13(14)18-16(19)10-15(20)11-6-8-12(17)9-7-11/h2-5,11-12H,6-10,17H2,1H3. The quantitative estimate of drug-likeness (QED) is 0.931. The average Bonchev–Trinajstić information content (AvgIpc) is 2.77. The zero-order valence-electron chi connectivity index (χ0n) is 11.9. The van der Waals surface area contributed by atoms with Gasteiger partial charge in [0.1, 0.15) is 11.6 Å². The number of fused-ring (bicyclic) bond motifs is 1. The van der Waals surface area contributed by atoms with Crippen LogP contribution in [0.4, 0.5) is 0 Å². The van der Waals surface area contributed by atoms with Crippen molar-refractivity contribution in [3.63, 3.8) is 0 Å². The summed E-state index contributed by atoms with van der Waals surface area (Å²) in [5.74, 6) is 1.36. The van der Waals surface area contributed by atoms with E-state index in [0.717, 1.165) is 42.5 Å². The van der Waals surface area contributed by atoms with E-state index in [4.69, 9.17) is 5.73 Å². The molecule has 0 spiro atoms. The predicted octanol–water partition coefficient (Wildman–Crippen LogP) is 2.20. The zero-order valence-corrected chi connectivity index (χ0v) is 11.9. The summed E-state index contributed by atoms with van der Waals surface area (Å²) in [7, 11) is 1.98. The molecule has 3 rings (SSSR count). The van der Waals surface area contributed by atoms with Crippen LogP contribution in [0.3, 0.4) is 0 Å². The molecular weight excluding hydrogens is 250 g/mol. The summed E-state index contributed by atoms with van der Waals surface area (Å²) in [4.78, 5) is 17.0. The smallest absolute Gasteiger partial charge is 0.143 e. The number of imidazole rings is 1. The van der Waals surface area contributed by atoms with Gasteiger partial charge in [-0.1, -0.05) is 12.1 Å². The van der Waals surface area contributed by atoms with Crippen molar-refractivity contribution >= 4 is 16.8 Å². The molecule has 1 aromatic carbocycles. The van der Waals surface area contributed by atoms with E-state index < -0.39 is 0 Å². The second-order valence-electron chi connectivity index (χ2n) is 5.83. The number of aromatic nitrogens is 2. The number of rotatable bonds is 3. The zero-order chi connectivity index (χ0) is 14.1. The Labute approximate surface area is 119 Å². The molecule has 0 atom stereocenters. The fraction of sp³-hybridized carbons (Fsp3) is 0.500. The average molecular weight is 271 g/mol. The molecule has 4 nitrogen and oxygen atoms in total. The number of carbonyl (C=O) groups is 1. The molecule has 1 heterocycles. The first-order valence-electron chi connectivity index (χ1n) is 7.34. The number of ketones is 1. The molecule has 2 N–H and O–H groups in total. The third-order valence-corrected chi connectivity index (χ3v) is 4.44. The Morgan fingerprint density at radius 1 is 1.30 bits per heavy atom. The number of nitrogens with zero attached hydrogens (tertiary/aromatic N) is 2. The Bertz CT molecular complexity index is 624. The van der Waals surface area contributed by atoms with Crippen molar-refractivity contribution in [1.82, 2.24) is 9.55 Å². The van der Waals surface area contributed by atoms with Crippen molar-refractivity contribution in [2.24, 2.45) is 18.7 Å². The van der Waals surface area contributed by atoms with Crippen molar-refractivity contribution < 1.29 is 4.79 Å². The molecule has 20 heavy (non-hydrogen) atoms. The molecule has 0 bridgehead atoms. The van der Waals surface area contributed by atoms with Gasteiger partial charge in [-0.25, -0.2) is 4.98 Å². The normalized spacial score (nSPS) is 23.1. The van der Waals surface area contributed by atoms with E-state index >= 15 is 0 Å². The van der Waals surface area contributed by atoms with Crippen LogP contribution in [0.15, 0.2) is 24.3 Å². The fourth-order valence-electron chi connectivity index (χ4n) is 3.09. The monoisotopic (exact) mass is 271 g/mol. The molecule has 4 heteroatoms. The molecule has 1 aliphatic carbocycles. The van der Waals surface area contributed by atoms with Crippen LogP contribution in [0, 0.1) is 5.92 Å². The first kappa shape index (κ1) is 13.3. The molecule has 0 aliphatic heterocycles. The van der Waals surface area contributed by atoms with E-state index in [-0.39, 0.29) is 12.0 Å². The molecule has 106 valence electrons. The lowest BCUT2D eigenvalue weighted by Gasteiger charge is -2.24. The van der Waals surface area contributed by atoms with E-state index in [1.165, 1.54) is 0 Å². The SMILES string of the molecule is Cn1c(CC(=O)C2CCC(N)CC2)nc2ccccc21. The Morgan fingerprint density at radius 3 is 2.70 bits per heavy atom. The Hall–Kier alpha value is -1.68. The van der Waals surface area contributed by atoms with Gasteiger partial charge >= 0.3 is 0 Å². The van der Waals surface area contributed by atoms with Crippen LogP contribution in [0.25, 0.3) is 11.0 Å². The van der Waals surface area contributed by atoms with E-state index in [1.54, 1.807) is 0 Å². The number of hydrogen-bond acceptors (Lipinski definition) is 3. The molecule has 0 unspecified atom stereocenters. The topological polar surface area (TPSA) is 60.9 Å². The number of benzene rings is 1. The molecule has 0 radical (unpaired) electrons. The number of hydrogen-bond donors (Lipinski definition) is 1. The number of aryl methyl sites for hydroxylation is 1. The summed E-state index contributed by atoms with van der Waals surface area (Å²) >= 11 is 0. The Kier molecular flexibility index (Phi) is 3.57. The van der Waals surface area contributed by atoms with Gasteiger partial charge in [-0.05, 0) is 37.8 Å². The molecule has 0 amide bonds. The van der Waals surface area contributed by atoms with Gasteiger partial charge < -0.3 is 10.3 Å². The van der Waals surface area contributed by atoms with Crippen molar-refractivity contribution in [3.8, 4) is 0 Å². The third-order valence-electron chi connectivity index (χ3n) is 4.44. The fourth-order valence-corrected chi connectivity index (χ4v) is 3.09. The lowest BCUT2D eigenvalue weighted by atomic mass is 9.83. The molecule has 2 aromatic rings. The van der Waals surface area contributed by atoms with Gasteiger partial charge in [-0.15, -0.1) is 0 Å². The first-order chi connectivity index (χ1) is 9.65. The highest BCUT2D eigenvalue weighted by atomic mass is 16.1. The van der Waals surface area contributed by atoms with E-state index in [1.807, 2.05) is 35.9 Å². The molecular formula is C16H21N3O. The molecule has 1 saturated carbocycles. The summed E-state index contributed by atoms with van der Waals surface area (Å²) in [6.07, 6.45) is 4.25. The molecule has 1 aromatic heterocycles. The first-order valence-corrected chi connectivity index (χ1v) is 7.34. The highest BCUT2D eigenvalue weighted by molar-refractivity contribution is 5.84. The number of para-hydroxylation sites is 2. The van der Waals surface area contributed by atoms with Crippen molar-refractivity contribution in [2.45, 2.75) is 38.1 Å². The Morgan fingerprint density at radius 2 is 2.00 bits per heavy atom. The summed E-state index contributed by atoms with van der Waals surface area (Å²) < 4.78 is 2.03. The number of carbonyl (C=O) groups excluding carboxylic acids is 1. The lowest BCUT2D eigenvalue weighted by Crippen LogP contribution is -2.30. The van der Waals surface area contributed by atoms with Gasteiger partial charge in [0.25, 0.3) is 0 Å². The minimum Gasteiger partial charge on any atom is -0.331 e. The molecule has 1 aliphatic rings.